The van der Waals surface area contributed by atoms with Crippen molar-refractivity contribution >= 4 is 11.5 Å². The number of carbonyl (C=O) groups excluding carboxylic acids is 1. The van der Waals surface area contributed by atoms with Gasteiger partial charge in [-0.15, -0.1) is 0 Å². The summed E-state index contributed by atoms with van der Waals surface area (Å²) in [6.45, 7) is 4.07. The Kier molecular flexibility index (Phi) is 3.89. The van der Waals surface area contributed by atoms with Crippen LogP contribution in [0.2, 0.25) is 0 Å². The topological polar surface area (TPSA) is 20.3 Å². The minimum absolute atomic E-state index is 0.242. The van der Waals surface area contributed by atoms with Crippen LogP contribution < -0.4 is 4.90 Å². The molecule has 0 aliphatic carbocycles. The van der Waals surface area contributed by atoms with E-state index < -0.39 is 0 Å². The molecular formula is C13H19NO. The maximum Gasteiger partial charge on any atom is 0.162 e. The normalized spacial score (nSPS) is 10.1. The van der Waals surface area contributed by atoms with Crippen LogP contribution in [0.5, 0.6) is 0 Å². The van der Waals surface area contributed by atoms with Gasteiger partial charge < -0.3 is 4.90 Å². The van der Waals surface area contributed by atoms with E-state index >= 15 is 0 Å². The third-order valence-electron chi connectivity index (χ3n) is 2.48. The average molecular weight is 205 g/mol. The van der Waals surface area contributed by atoms with E-state index in [0.29, 0.717) is 6.42 Å². The summed E-state index contributed by atoms with van der Waals surface area (Å²) in [5, 5.41) is 0. The maximum atomic E-state index is 11.7. The van der Waals surface area contributed by atoms with E-state index in [-0.39, 0.29) is 5.78 Å². The molecular weight excluding hydrogens is 186 g/mol. The number of anilines is 1. The maximum absolute atomic E-state index is 11.7. The van der Waals surface area contributed by atoms with E-state index in [9.17, 15) is 4.79 Å². The fraction of sp³-hybridized carbons (Fsp3) is 0.462. The van der Waals surface area contributed by atoms with Crippen molar-refractivity contribution in [3.05, 3.63) is 29.3 Å². The molecule has 0 saturated carbocycles. The first-order valence-electron chi connectivity index (χ1n) is 5.37. The van der Waals surface area contributed by atoms with Crippen LogP contribution in [0.15, 0.2) is 18.2 Å². The predicted molar refractivity (Wildman–Crippen MR) is 64.7 cm³/mol. The van der Waals surface area contributed by atoms with Crippen LogP contribution in [0, 0.1) is 6.92 Å². The Morgan fingerprint density at radius 3 is 2.47 bits per heavy atom. The molecule has 2 heteroatoms. The highest BCUT2D eigenvalue weighted by Gasteiger charge is 2.07. The van der Waals surface area contributed by atoms with Gasteiger partial charge in [0.25, 0.3) is 0 Å². The summed E-state index contributed by atoms with van der Waals surface area (Å²) in [5.41, 5.74) is 3.16. The van der Waals surface area contributed by atoms with Gasteiger partial charge in [0.1, 0.15) is 0 Å². The van der Waals surface area contributed by atoms with Crippen molar-refractivity contribution in [1.29, 1.82) is 0 Å². The second kappa shape index (κ2) is 4.96. The highest BCUT2D eigenvalue weighted by atomic mass is 16.1. The zero-order valence-corrected chi connectivity index (χ0v) is 10.0. The molecule has 0 saturated heterocycles. The molecule has 1 aromatic carbocycles. The van der Waals surface area contributed by atoms with Gasteiger partial charge in [-0.2, -0.15) is 0 Å². The lowest BCUT2D eigenvalue weighted by atomic mass is 10.0. The molecule has 1 rings (SSSR count). The molecule has 0 bridgehead atoms. The zero-order chi connectivity index (χ0) is 11.4. The van der Waals surface area contributed by atoms with E-state index in [1.807, 2.05) is 46.1 Å². The third kappa shape index (κ3) is 2.82. The molecule has 15 heavy (non-hydrogen) atoms. The Morgan fingerprint density at radius 1 is 1.33 bits per heavy atom. The SMILES string of the molecule is CCCC(=O)c1ccc(N(C)C)c(C)c1. The molecule has 0 radical (unpaired) electrons. The van der Waals surface area contributed by atoms with E-state index in [0.717, 1.165) is 17.5 Å². The first kappa shape index (κ1) is 11.8. The summed E-state index contributed by atoms with van der Waals surface area (Å²) in [4.78, 5) is 13.7. The summed E-state index contributed by atoms with van der Waals surface area (Å²) in [7, 11) is 4.02. The monoisotopic (exact) mass is 205 g/mol. The van der Waals surface area contributed by atoms with Gasteiger partial charge in [0.2, 0.25) is 0 Å². The van der Waals surface area contributed by atoms with Crippen LogP contribution in [-0.4, -0.2) is 19.9 Å². The summed E-state index contributed by atoms with van der Waals surface area (Å²) in [6.07, 6.45) is 1.55. The van der Waals surface area contributed by atoms with Crippen molar-refractivity contribution < 1.29 is 4.79 Å². The first-order valence-corrected chi connectivity index (χ1v) is 5.37. The molecule has 1 aromatic rings. The molecule has 0 N–H and O–H groups in total. The molecule has 0 aliphatic heterocycles. The Labute approximate surface area is 91.9 Å². The fourth-order valence-electron chi connectivity index (χ4n) is 1.70. The van der Waals surface area contributed by atoms with E-state index in [1.54, 1.807) is 0 Å². The lowest BCUT2D eigenvalue weighted by molar-refractivity contribution is 0.0981. The molecule has 0 amide bonds. The van der Waals surface area contributed by atoms with E-state index in [4.69, 9.17) is 0 Å². The Morgan fingerprint density at radius 2 is 2.00 bits per heavy atom. The highest BCUT2D eigenvalue weighted by molar-refractivity contribution is 5.96. The molecule has 2 nitrogen and oxygen atoms in total. The molecule has 0 aromatic heterocycles. The van der Waals surface area contributed by atoms with Gasteiger partial charge in [-0.25, -0.2) is 0 Å². The van der Waals surface area contributed by atoms with Gasteiger partial charge in [0.05, 0.1) is 0 Å². The Hall–Kier alpha value is -1.31. The van der Waals surface area contributed by atoms with Crippen molar-refractivity contribution in [1.82, 2.24) is 0 Å². The van der Waals surface area contributed by atoms with Crippen molar-refractivity contribution in [2.45, 2.75) is 26.7 Å². The first-order chi connectivity index (χ1) is 7.06. The lowest BCUT2D eigenvalue weighted by Crippen LogP contribution is -2.11. The predicted octanol–water partition coefficient (Wildman–Crippen LogP) is 3.04. The number of Topliss-reactive ketones (excluding diaryl/α,β-unsaturated/α-hetero) is 1. The number of hydrogen-bond acceptors (Lipinski definition) is 2. The molecule has 0 fully saturated rings. The zero-order valence-electron chi connectivity index (χ0n) is 10.0. The largest absolute Gasteiger partial charge is 0.377 e. The fourth-order valence-corrected chi connectivity index (χ4v) is 1.70. The number of carbonyl (C=O) groups is 1. The smallest absolute Gasteiger partial charge is 0.162 e. The van der Waals surface area contributed by atoms with Crippen LogP contribution in [0.4, 0.5) is 5.69 Å². The Bertz CT molecular complexity index is 356. The average Bonchev–Trinajstić information content (AvgIpc) is 2.17. The van der Waals surface area contributed by atoms with Gasteiger partial charge in [0, 0.05) is 31.8 Å². The number of aryl methyl sites for hydroxylation is 1. The molecule has 0 aliphatic rings. The number of nitrogens with zero attached hydrogens (tertiary/aromatic N) is 1. The Balaban J connectivity index is 2.96. The molecule has 0 spiro atoms. The number of benzene rings is 1. The van der Waals surface area contributed by atoms with Crippen LogP contribution >= 0.6 is 0 Å². The van der Waals surface area contributed by atoms with Crippen LogP contribution in [0.1, 0.15) is 35.7 Å². The van der Waals surface area contributed by atoms with Gasteiger partial charge in [-0.05, 0) is 37.1 Å². The van der Waals surface area contributed by atoms with Crippen molar-refractivity contribution in [3.63, 3.8) is 0 Å². The van der Waals surface area contributed by atoms with Gasteiger partial charge >= 0.3 is 0 Å². The molecule has 0 atom stereocenters. The van der Waals surface area contributed by atoms with Gasteiger partial charge in [0.15, 0.2) is 5.78 Å². The summed E-state index contributed by atoms with van der Waals surface area (Å²) < 4.78 is 0. The second-order valence-electron chi connectivity index (χ2n) is 4.07. The number of rotatable bonds is 4. The van der Waals surface area contributed by atoms with Crippen molar-refractivity contribution in [2.24, 2.45) is 0 Å². The quantitative estimate of drug-likeness (QED) is 0.704. The second-order valence-corrected chi connectivity index (χ2v) is 4.07. The van der Waals surface area contributed by atoms with E-state index in [2.05, 4.69) is 4.90 Å². The minimum atomic E-state index is 0.242. The third-order valence-corrected chi connectivity index (χ3v) is 2.48. The minimum Gasteiger partial charge on any atom is -0.377 e. The summed E-state index contributed by atoms with van der Waals surface area (Å²) in [5.74, 6) is 0.242. The lowest BCUT2D eigenvalue weighted by Gasteiger charge is -2.16. The number of hydrogen-bond donors (Lipinski definition) is 0. The molecule has 0 unspecified atom stereocenters. The van der Waals surface area contributed by atoms with Crippen molar-refractivity contribution in [2.75, 3.05) is 19.0 Å². The standard InChI is InChI=1S/C13H19NO/c1-5-6-13(15)11-7-8-12(14(3)4)10(2)9-11/h7-9H,5-6H2,1-4H3. The van der Waals surface area contributed by atoms with Gasteiger partial charge in [-0.3, -0.25) is 4.79 Å². The van der Waals surface area contributed by atoms with Gasteiger partial charge in [-0.1, -0.05) is 6.92 Å². The van der Waals surface area contributed by atoms with Crippen LogP contribution in [-0.2, 0) is 0 Å². The molecule has 0 heterocycles. The van der Waals surface area contributed by atoms with Crippen LogP contribution in [0.25, 0.3) is 0 Å². The highest BCUT2D eigenvalue weighted by Crippen LogP contribution is 2.19. The summed E-state index contributed by atoms with van der Waals surface area (Å²) in [6, 6.07) is 5.91. The summed E-state index contributed by atoms with van der Waals surface area (Å²) >= 11 is 0. The van der Waals surface area contributed by atoms with Crippen molar-refractivity contribution in [3.8, 4) is 0 Å². The van der Waals surface area contributed by atoms with Crippen LogP contribution in [0.3, 0.4) is 0 Å². The van der Waals surface area contributed by atoms with E-state index in [1.165, 1.54) is 5.69 Å². The molecule has 82 valence electrons. The number of ketones is 1.